The molecule has 1 aromatic carbocycles. The molecule has 22 heavy (non-hydrogen) atoms. The van der Waals surface area contributed by atoms with Crippen molar-refractivity contribution >= 4 is 23.5 Å². The van der Waals surface area contributed by atoms with Gasteiger partial charge < -0.3 is 10.2 Å². The molecule has 2 aliphatic heterocycles. The molecule has 6 nitrogen and oxygen atoms in total. The Hall–Kier alpha value is -2.37. The van der Waals surface area contributed by atoms with Crippen LogP contribution >= 0.6 is 0 Å². The quantitative estimate of drug-likeness (QED) is 0.801. The van der Waals surface area contributed by atoms with Crippen molar-refractivity contribution in [3.05, 3.63) is 29.8 Å². The summed E-state index contributed by atoms with van der Waals surface area (Å²) in [6.07, 6.45) is 3.41. The third-order valence-corrected chi connectivity index (χ3v) is 5.08. The molecule has 0 unspecified atom stereocenters. The number of imide groups is 1. The summed E-state index contributed by atoms with van der Waals surface area (Å²) in [6, 6.07) is 6.72. The molecular formula is C16H17N3O3. The Balaban J connectivity index is 1.57. The van der Waals surface area contributed by atoms with Crippen molar-refractivity contribution in [3.63, 3.8) is 0 Å². The number of amides is 4. The summed E-state index contributed by atoms with van der Waals surface area (Å²) in [5.41, 5.74) is 2.31. The minimum absolute atomic E-state index is 0.00197. The molecule has 4 rings (SSSR count). The van der Waals surface area contributed by atoms with E-state index in [2.05, 4.69) is 16.7 Å². The monoisotopic (exact) mass is 299 g/mol. The van der Waals surface area contributed by atoms with Crippen LogP contribution < -0.4 is 15.5 Å². The van der Waals surface area contributed by atoms with E-state index in [9.17, 15) is 14.4 Å². The van der Waals surface area contributed by atoms with E-state index in [0.717, 1.165) is 18.5 Å². The van der Waals surface area contributed by atoms with E-state index in [-0.39, 0.29) is 17.7 Å². The number of anilines is 1. The lowest BCUT2D eigenvalue weighted by molar-refractivity contribution is -0.125. The summed E-state index contributed by atoms with van der Waals surface area (Å²) in [6.45, 7) is 0.688. The van der Waals surface area contributed by atoms with Gasteiger partial charge >= 0.3 is 6.03 Å². The Labute approximate surface area is 127 Å². The van der Waals surface area contributed by atoms with E-state index in [1.165, 1.54) is 12.0 Å². The highest BCUT2D eigenvalue weighted by molar-refractivity contribution is 6.07. The van der Waals surface area contributed by atoms with Gasteiger partial charge in [-0.1, -0.05) is 24.6 Å². The predicted octanol–water partition coefficient (Wildman–Crippen LogP) is 1.05. The first-order chi connectivity index (χ1) is 10.6. The number of benzene rings is 1. The first-order valence-electron chi connectivity index (χ1n) is 7.60. The van der Waals surface area contributed by atoms with Crippen molar-refractivity contribution in [2.24, 2.45) is 0 Å². The lowest BCUT2D eigenvalue weighted by Gasteiger charge is -2.39. The molecule has 4 amide bonds. The molecule has 0 bridgehead atoms. The Morgan fingerprint density at radius 3 is 2.68 bits per heavy atom. The maximum Gasteiger partial charge on any atom is 0.322 e. The molecular weight excluding hydrogens is 282 g/mol. The average molecular weight is 299 g/mol. The standard InChI is InChI=1S/C16H17N3O3/c20-13(8-11-14(21)18-15(22)17-11)19-9-16(6-3-7-16)10-4-1-2-5-12(10)19/h1-2,4-5,11H,3,6-9H2,(H2,17,18,21,22)/t11-/m0/s1. The van der Waals surface area contributed by atoms with E-state index in [4.69, 9.17) is 0 Å². The highest BCUT2D eigenvalue weighted by Gasteiger charge is 2.48. The van der Waals surface area contributed by atoms with E-state index >= 15 is 0 Å². The molecule has 1 atom stereocenters. The summed E-state index contributed by atoms with van der Waals surface area (Å²) in [7, 11) is 0. The second kappa shape index (κ2) is 4.56. The number of nitrogens with zero attached hydrogens (tertiary/aromatic N) is 1. The molecule has 3 aliphatic rings. The largest absolute Gasteiger partial charge is 0.325 e. The molecule has 2 heterocycles. The van der Waals surface area contributed by atoms with Crippen LogP contribution in [0.2, 0.25) is 0 Å². The number of fused-ring (bicyclic) bond motifs is 2. The third-order valence-electron chi connectivity index (χ3n) is 5.08. The maximum atomic E-state index is 12.6. The fourth-order valence-corrected chi connectivity index (χ4v) is 3.77. The second-order valence-electron chi connectivity index (χ2n) is 6.35. The molecule has 1 saturated carbocycles. The lowest BCUT2D eigenvalue weighted by Crippen LogP contribution is -2.43. The van der Waals surface area contributed by atoms with Crippen LogP contribution in [0, 0.1) is 0 Å². The van der Waals surface area contributed by atoms with Crippen molar-refractivity contribution in [2.75, 3.05) is 11.4 Å². The molecule has 0 aromatic heterocycles. The van der Waals surface area contributed by atoms with Crippen molar-refractivity contribution in [3.8, 4) is 0 Å². The van der Waals surface area contributed by atoms with Crippen molar-refractivity contribution in [2.45, 2.75) is 37.1 Å². The van der Waals surface area contributed by atoms with Crippen LogP contribution in [0.25, 0.3) is 0 Å². The molecule has 1 aromatic rings. The summed E-state index contributed by atoms with van der Waals surface area (Å²) in [5.74, 6) is -0.539. The minimum atomic E-state index is -0.759. The van der Waals surface area contributed by atoms with Crippen LogP contribution in [0.5, 0.6) is 0 Å². The topological polar surface area (TPSA) is 78.5 Å². The molecule has 6 heteroatoms. The third kappa shape index (κ3) is 1.83. The van der Waals surface area contributed by atoms with E-state index in [1.807, 2.05) is 18.2 Å². The number of hydrogen-bond donors (Lipinski definition) is 2. The molecule has 1 spiro atoms. The molecule has 1 aliphatic carbocycles. The van der Waals surface area contributed by atoms with Crippen molar-refractivity contribution < 1.29 is 14.4 Å². The number of nitrogens with one attached hydrogen (secondary N) is 2. The van der Waals surface area contributed by atoms with Crippen LogP contribution in [0.15, 0.2) is 24.3 Å². The Kier molecular flexibility index (Phi) is 2.76. The zero-order chi connectivity index (χ0) is 15.3. The number of carbonyl (C=O) groups is 3. The number of hydrogen-bond acceptors (Lipinski definition) is 3. The Morgan fingerprint density at radius 1 is 1.27 bits per heavy atom. The number of carbonyl (C=O) groups excluding carboxylic acids is 3. The first-order valence-corrected chi connectivity index (χ1v) is 7.60. The average Bonchev–Trinajstić information content (AvgIpc) is 2.96. The first kappa shape index (κ1) is 13.3. The van der Waals surface area contributed by atoms with Gasteiger partial charge in [-0.25, -0.2) is 4.79 Å². The summed E-state index contributed by atoms with van der Waals surface area (Å²) in [4.78, 5) is 37.2. The highest BCUT2D eigenvalue weighted by atomic mass is 16.2. The normalized spacial score (nSPS) is 24.7. The van der Waals surface area contributed by atoms with E-state index in [1.54, 1.807) is 4.90 Å². The van der Waals surface area contributed by atoms with Gasteiger partial charge in [-0.3, -0.25) is 14.9 Å². The van der Waals surface area contributed by atoms with Crippen LogP contribution in [0.1, 0.15) is 31.2 Å². The predicted molar refractivity (Wildman–Crippen MR) is 79.4 cm³/mol. The highest BCUT2D eigenvalue weighted by Crippen LogP contribution is 2.52. The molecule has 1 saturated heterocycles. The second-order valence-corrected chi connectivity index (χ2v) is 6.35. The van der Waals surface area contributed by atoms with Gasteiger partial charge in [-0.05, 0) is 24.5 Å². The summed E-state index contributed by atoms with van der Waals surface area (Å²) < 4.78 is 0. The minimum Gasteiger partial charge on any atom is -0.325 e. The van der Waals surface area contributed by atoms with Gasteiger partial charge in [0.05, 0.1) is 6.42 Å². The lowest BCUT2D eigenvalue weighted by atomic mass is 9.66. The van der Waals surface area contributed by atoms with Gasteiger partial charge in [0.2, 0.25) is 5.91 Å². The Morgan fingerprint density at radius 2 is 2.05 bits per heavy atom. The SMILES string of the molecule is O=C1NC(=O)[C@H](CC(=O)N2CC3(CCC3)c3ccccc32)N1. The number of rotatable bonds is 2. The van der Waals surface area contributed by atoms with Crippen LogP contribution in [0.4, 0.5) is 10.5 Å². The van der Waals surface area contributed by atoms with Gasteiger partial charge in [0, 0.05) is 17.6 Å². The van der Waals surface area contributed by atoms with Crippen LogP contribution in [0.3, 0.4) is 0 Å². The number of urea groups is 1. The summed E-state index contributed by atoms with van der Waals surface area (Å²) in [5, 5.41) is 4.64. The van der Waals surface area contributed by atoms with Crippen LogP contribution in [-0.4, -0.2) is 30.4 Å². The molecule has 114 valence electrons. The van der Waals surface area contributed by atoms with Gasteiger partial charge in [0.15, 0.2) is 0 Å². The summed E-state index contributed by atoms with van der Waals surface area (Å²) >= 11 is 0. The van der Waals surface area contributed by atoms with Crippen LogP contribution in [-0.2, 0) is 15.0 Å². The van der Waals surface area contributed by atoms with Crippen molar-refractivity contribution in [1.82, 2.24) is 10.6 Å². The Bertz CT molecular complexity index is 681. The van der Waals surface area contributed by atoms with Crippen molar-refractivity contribution in [1.29, 1.82) is 0 Å². The van der Waals surface area contributed by atoms with Gasteiger partial charge in [0.25, 0.3) is 5.91 Å². The van der Waals surface area contributed by atoms with E-state index < -0.39 is 18.0 Å². The van der Waals surface area contributed by atoms with E-state index in [0.29, 0.717) is 6.54 Å². The van der Waals surface area contributed by atoms with Gasteiger partial charge in [-0.2, -0.15) is 0 Å². The van der Waals surface area contributed by atoms with Gasteiger partial charge in [-0.15, -0.1) is 0 Å². The zero-order valence-electron chi connectivity index (χ0n) is 12.1. The maximum absolute atomic E-state index is 12.6. The number of para-hydroxylation sites is 1. The smallest absolute Gasteiger partial charge is 0.322 e. The fourth-order valence-electron chi connectivity index (χ4n) is 3.77. The zero-order valence-corrected chi connectivity index (χ0v) is 12.1. The molecule has 0 radical (unpaired) electrons. The van der Waals surface area contributed by atoms with Gasteiger partial charge in [0.1, 0.15) is 6.04 Å². The fraction of sp³-hybridized carbons (Fsp3) is 0.438. The molecule has 2 N–H and O–H groups in total. The molecule has 2 fully saturated rings.